The van der Waals surface area contributed by atoms with Crippen LogP contribution in [0.15, 0.2) is 10.6 Å². The van der Waals surface area contributed by atoms with E-state index in [4.69, 9.17) is 10.3 Å². The zero-order valence-corrected chi connectivity index (χ0v) is 11.5. The number of piperidine rings is 1. The smallest absolute Gasteiger partial charge is 0.220 e. The average Bonchev–Trinajstić information content (AvgIpc) is 2.61. The molecule has 1 aliphatic heterocycles. The number of nitrogens with two attached hydrogens (primary N) is 1. The molecular formula is C11H19N3O3S. The van der Waals surface area contributed by atoms with Gasteiger partial charge in [-0.2, -0.15) is 4.31 Å². The van der Waals surface area contributed by atoms with Crippen molar-refractivity contribution in [3.8, 4) is 0 Å². The summed E-state index contributed by atoms with van der Waals surface area (Å²) in [4.78, 5) is 0. The fourth-order valence-corrected chi connectivity index (χ4v) is 3.93. The zero-order chi connectivity index (χ0) is 13.3. The number of hydrogen-bond acceptors (Lipinski definition) is 5. The lowest BCUT2D eigenvalue weighted by Gasteiger charge is -2.33. The molecule has 1 aromatic heterocycles. The SMILES string of the molecule is Cc1cc(CS(=O)(=O)N2CC(C)CC(N)C2)no1. The van der Waals surface area contributed by atoms with E-state index in [-0.39, 0.29) is 11.8 Å². The quantitative estimate of drug-likeness (QED) is 0.865. The second-order valence-corrected chi connectivity index (χ2v) is 7.07. The Morgan fingerprint density at radius 3 is 2.83 bits per heavy atom. The van der Waals surface area contributed by atoms with Crippen molar-refractivity contribution >= 4 is 10.0 Å². The molecule has 0 saturated carbocycles. The predicted octanol–water partition coefficient (Wildman–Crippen LogP) is 0.482. The van der Waals surface area contributed by atoms with Gasteiger partial charge in [-0.3, -0.25) is 0 Å². The predicted molar refractivity (Wildman–Crippen MR) is 67.2 cm³/mol. The minimum Gasteiger partial charge on any atom is -0.361 e. The van der Waals surface area contributed by atoms with Gasteiger partial charge in [-0.15, -0.1) is 0 Å². The molecule has 0 bridgehead atoms. The number of rotatable bonds is 3. The summed E-state index contributed by atoms with van der Waals surface area (Å²) in [5, 5.41) is 3.72. The first-order valence-corrected chi connectivity index (χ1v) is 7.63. The van der Waals surface area contributed by atoms with E-state index in [1.807, 2.05) is 6.92 Å². The van der Waals surface area contributed by atoms with Crippen LogP contribution in [0.3, 0.4) is 0 Å². The van der Waals surface area contributed by atoms with Crippen LogP contribution in [0.4, 0.5) is 0 Å². The van der Waals surface area contributed by atoms with Crippen molar-refractivity contribution in [1.29, 1.82) is 0 Å². The van der Waals surface area contributed by atoms with Crippen molar-refractivity contribution in [2.75, 3.05) is 13.1 Å². The Balaban J connectivity index is 2.10. The van der Waals surface area contributed by atoms with Crippen LogP contribution in [0.5, 0.6) is 0 Å². The van der Waals surface area contributed by atoms with E-state index in [0.29, 0.717) is 30.5 Å². The highest BCUT2D eigenvalue weighted by Gasteiger charge is 2.31. The van der Waals surface area contributed by atoms with E-state index in [1.54, 1.807) is 13.0 Å². The Bertz CT molecular complexity index is 501. The minimum atomic E-state index is -3.36. The Kier molecular flexibility index (Phi) is 3.74. The monoisotopic (exact) mass is 273 g/mol. The first kappa shape index (κ1) is 13.5. The molecule has 2 unspecified atom stereocenters. The van der Waals surface area contributed by atoms with E-state index in [2.05, 4.69) is 5.16 Å². The third-order valence-electron chi connectivity index (χ3n) is 3.06. The molecule has 0 aromatic carbocycles. The third-order valence-corrected chi connectivity index (χ3v) is 4.80. The summed E-state index contributed by atoms with van der Waals surface area (Å²) in [7, 11) is -3.36. The standard InChI is InChI=1S/C11H19N3O3S/c1-8-3-10(12)6-14(5-8)18(15,16)7-11-4-9(2)17-13-11/h4,8,10H,3,5-7,12H2,1-2H3. The van der Waals surface area contributed by atoms with Gasteiger partial charge in [0.2, 0.25) is 10.0 Å². The van der Waals surface area contributed by atoms with Gasteiger partial charge in [-0.1, -0.05) is 12.1 Å². The first-order valence-electron chi connectivity index (χ1n) is 6.02. The highest BCUT2D eigenvalue weighted by atomic mass is 32.2. The Morgan fingerprint density at radius 1 is 1.56 bits per heavy atom. The summed E-state index contributed by atoms with van der Waals surface area (Å²) in [5.74, 6) is 0.788. The van der Waals surface area contributed by atoms with Crippen LogP contribution in [0.25, 0.3) is 0 Å². The molecule has 102 valence electrons. The number of nitrogens with zero attached hydrogens (tertiary/aromatic N) is 2. The normalized spacial score (nSPS) is 26.4. The summed E-state index contributed by atoms with van der Waals surface area (Å²) in [5.41, 5.74) is 6.31. The molecule has 2 N–H and O–H groups in total. The van der Waals surface area contributed by atoms with Crippen LogP contribution in [0.1, 0.15) is 24.8 Å². The molecule has 1 fully saturated rings. The summed E-state index contributed by atoms with van der Waals surface area (Å²) < 4.78 is 30.8. The number of hydrogen-bond donors (Lipinski definition) is 1. The molecule has 18 heavy (non-hydrogen) atoms. The molecule has 0 amide bonds. The summed E-state index contributed by atoms with van der Waals surface area (Å²) in [6.45, 7) is 4.68. The summed E-state index contributed by atoms with van der Waals surface area (Å²) in [6.07, 6.45) is 0.870. The second kappa shape index (κ2) is 4.99. The molecule has 2 atom stereocenters. The fraction of sp³-hybridized carbons (Fsp3) is 0.727. The van der Waals surface area contributed by atoms with Crippen molar-refractivity contribution < 1.29 is 12.9 Å². The van der Waals surface area contributed by atoms with E-state index < -0.39 is 10.0 Å². The lowest BCUT2D eigenvalue weighted by molar-refractivity contribution is 0.254. The number of aromatic nitrogens is 1. The van der Waals surface area contributed by atoms with Crippen molar-refractivity contribution in [1.82, 2.24) is 9.46 Å². The van der Waals surface area contributed by atoms with Crippen LogP contribution in [-0.2, 0) is 15.8 Å². The highest BCUT2D eigenvalue weighted by molar-refractivity contribution is 7.88. The molecule has 0 spiro atoms. The molecular weight excluding hydrogens is 254 g/mol. The summed E-state index contributed by atoms with van der Waals surface area (Å²) in [6, 6.07) is 1.56. The van der Waals surface area contributed by atoms with Gasteiger partial charge in [0.05, 0.1) is 0 Å². The van der Waals surface area contributed by atoms with Gasteiger partial charge in [-0.05, 0) is 19.3 Å². The van der Waals surface area contributed by atoms with Crippen LogP contribution in [0, 0.1) is 12.8 Å². The number of aryl methyl sites for hydroxylation is 1. The molecule has 0 radical (unpaired) electrons. The second-order valence-electron chi connectivity index (χ2n) is 5.10. The third kappa shape index (κ3) is 3.09. The van der Waals surface area contributed by atoms with E-state index in [1.165, 1.54) is 4.31 Å². The molecule has 6 nitrogen and oxygen atoms in total. The zero-order valence-electron chi connectivity index (χ0n) is 10.7. The van der Waals surface area contributed by atoms with Crippen molar-refractivity contribution in [3.05, 3.63) is 17.5 Å². The molecule has 1 saturated heterocycles. The lowest BCUT2D eigenvalue weighted by Crippen LogP contribution is -2.49. The Labute approximate surface area is 107 Å². The number of sulfonamides is 1. The van der Waals surface area contributed by atoms with E-state index in [0.717, 1.165) is 6.42 Å². The topological polar surface area (TPSA) is 89.4 Å². The Morgan fingerprint density at radius 2 is 2.28 bits per heavy atom. The van der Waals surface area contributed by atoms with Gasteiger partial charge in [0, 0.05) is 25.2 Å². The minimum absolute atomic E-state index is 0.0810. The molecule has 2 rings (SSSR count). The average molecular weight is 273 g/mol. The van der Waals surface area contributed by atoms with Gasteiger partial charge < -0.3 is 10.3 Å². The van der Waals surface area contributed by atoms with Crippen molar-refractivity contribution in [2.24, 2.45) is 11.7 Å². The molecule has 1 aliphatic rings. The van der Waals surface area contributed by atoms with E-state index >= 15 is 0 Å². The first-order chi connectivity index (χ1) is 8.37. The largest absolute Gasteiger partial charge is 0.361 e. The van der Waals surface area contributed by atoms with Gasteiger partial charge in [0.1, 0.15) is 17.2 Å². The van der Waals surface area contributed by atoms with E-state index in [9.17, 15) is 8.42 Å². The van der Waals surface area contributed by atoms with Crippen LogP contribution in [-0.4, -0.2) is 37.0 Å². The maximum Gasteiger partial charge on any atom is 0.220 e. The van der Waals surface area contributed by atoms with Gasteiger partial charge in [0.15, 0.2) is 0 Å². The van der Waals surface area contributed by atoms with Crippen LogP contribution < -0.4 is 5.73 Å². The van der Waals surface area contributed by atoms with Crippen LogP contribution in [0.2, 0.25) is 0 Å². The fourth-order valence-electron chi connectivity index (χ4n) is 2.34. The maximum atomic E-state index is 12.2. The highest BCUT2D eigenvalue weighted by Crippen LogP contribution is 2.20. The van der Waals surface area contributed by atoms with Crippen molar-refractivity contribution in [3.63, 3.8) is 0 Å². The summed E-state index contributed by atoms with van der Waals surface area (Å²) >= 11 is 0. The molecule has 1 aromatic rings. The van der Waals surface area contributed by atoms with Gasteiger partial charge in [-0.25, -0.2) is 8.42 Å². The van der Waals surface area contributed by atoms with Crippen LogP contribution >= 0.6 is 0 Å². The van der Waals surface area contributed by atoms with Gasteiger partial charge in [0.25, 0.3) is 0 Å². The molecule has 0 aliphatic carbocycles. The maximum absolute atomic E-state index is 12.2. The molecule has 7 heteroatoms. The Hall–Kier alpha value is -0.920. The molecule has 2 heterocycles. The lowest BCUT2D eigenvalue weighted by atomic mass is 9.99. The van der Waals surface area contributed by atoms with Crippen molar-refractivity contribution in [2.45, 2.75) is 32.1 Å². The van der Waals surface area contributed by atoms with Gasteiger partial charge >= 0.3 is 0 Å².